The lowest BCUT2D eigenvalue weighted by Gasteiger charge is -2.10. The van der Waals surface area contributed by atoms with Gasteiger partial charge < -0.3 is 4.74 Å². The second-order valence-electron chi connectivity index (χ2n) is 4.76. The molecule has 0 aliphatic carbocycles. The molecule has 0 saturated heterocycles. The summed E-state index contributed by atoms with van der Waals surface area (Å²) in [4.78, 5) is 11.5. The second kappa shape index (κ2) is 7.00. The molecular formula is C16H22O2. The molecule has 98 valence electrons. The first-order valence-electron chi connectivity index (χ1n) is 6.43. The van der Waals surface area contributed by atoms with E-state index in [2.05, 4.69) is 44.2 Å². The van der Waals surface area contributed by atoms with E-state index < -0.39 is 0 Å². The summed E-state index contributed by atoms with van der Waals surface area (Å²) in [6.45, 7) is 8.31. The number of allylic oxidation sites excluding steroid dienone is 1. The molecule has 1 unspecified atom stereocenters. The average molecular weight is 246 g/mol. The lowest BCUT2D eigenvalue weighted by atomic mass is 10.0. The summed E-state index contributed by atoms with van der Waals surface area (Å²) in [7, 11) is 0. The van der Waals surface area contributed by atoms with E-state index in [0.29, 0.717) is 6.61 Å². The monoisotopic (exact) mass is 246 g/mol. The van der Waals surface area contributed by atoms with E-state index >= 15 is 0 Å². The summed E-state index contributed by atoms with van der Waals surface area (Å²) < 4.78 is 5.00. The maximum atomic E-state index is 11.5. The lowest BCUT2D eigenvalue weighted by molar-refractivity contribution is -0.147. The first-order chi connectivity index (χ1) is 8.52. The van der Waals surface area contributed by atoms with Gasteiger partial charge in [0.1, 0.15) is 0 Å². The third kappa shape index (κ3) is 4.74. The van der Waals surface area contributed by atoms with Gasteiger partial charge in [-0.2, -0.15) is 0 Å². The fourth-order valence-corrected chi connectivity index (χ4v) is 1.86. The number of carbonyl (C=O) groups excluding carboxylic acids is 1. The quantitative estimate of drug-likeness (QED) is 0.734. The van der Waals surface area contributed by atoms with Gasteiger partial charge in [-0.1, -0.05) is 48.4 Å². The van der Waals surface area contributed by atoms with Crippen LogP contribution in [0, 0.1) is 12.8 Å². The highest BCUT2D eigenvalue weighted by atomic mass is 16.5. The third-order valence-corrected chi connectivity index (χ3v) is 2.81. The van der Waals surface area contributed by atoms with Gasteiger partial charge >= 0.3 is 5.97 Å². The Labute approximate surface area is 110 Å². The highest BCUT2D eigenvalue weighted by Crippen LogP contribution is 2.16. The Balaban J connectivity index is 2.61. The van der Waals surface area contributed by atoms with Gasteiger partial charge in [0.25, 0.3) is 0 Å². The summed E-state index contributed by atoms with van der Waals surface area (Å²) in [5.41, 5.74) is 3.62. The molecule has 2 nitrogen and oxygen atoms in total. The summed E-state index contributed by atoms with van der Waals surface area (Å²) in [5, 5.41) is 0. The molecule has 1 aromatic rings. The highest BCUT2D eigenvalue weighted by Gasteiger charge is 2.13. The Morgan fingerprint density at radius 1 is 1.33 bits per heavy atom. The lowest BCUT2D eigenvalue weighted by Crippen LogP contribution is -2.14. The van der Waals surface area contributed by atoms with Crippen LogP contribution in [-0.2, 0) is 9.53 Å². The van der Waals surface area contributed by atoms with Crippen LogP contribution in [0.1, 0.15) is 38.3 Å². The van der Waals surface area contributed by atoms with Crippen LogP contribution in [0.15, 0.2) is 29.8 Å². The third-order valence-electron chi connectivity index (χ3n) is 2.81. The molecule has 0 heterocycles. The summed E-state index contributed by atoms with van der Waals surface area (Å²) in [5.74, 6) is -0.194. The molecule has 0 bridgehead atoms. The summed E-state index contributed by atoms with van der Waals surface area (Å²) in [6, 6.07) is 8.36. The van der Waals surface area contributed by atoms with E-state index in [-0.39, 0.29) is 11.9 Å². The minimum atomic E-state index is -0.117. The van der Waals surface area contributed by atoms with E-state index in [1.54, 1.807) is 0 Å². The molecule has 1 rings (SSSR count). The molecule has 0 aliphatic heterocycles. The Hall–Kier alpha value is -1.57. The zero-order chi connectivity index (χ0) is 13.5. The summed E-state index contributed by atoms with van der Waals surface area (Å²) in [6.07, 6.45) is 2.86. The largest absolute Gasteiger partial charge is 0.466 e. The number of ether oxygens (including phenoxy) is 1. The average Bonchev–Trinajstić information content (AvgIpc) is 2.32. The molecule has 0 radical (unpaired) electrons. The first kappa shape index (κ1) is 14.5. The van der Waals surface area contributed by atoms with E-state index in [4.69, 9.17) is 4.74 Å². The predicted octanol–water partition coefficient (Wildman–Crippen LogP) is 3.99. The number of esters is 1. The van der Waals surface area contributed by atoms with Crippen molar-refractivity contribution in [2.45, 2.75) is 34.1 Å². The van der Waals surface area contributed by atoms with E-state index in [1.807, 2.05) is 13.8 Å². The number of hydrogen-bond acceptors (Lipinski definition) is 2. The van der Waals surface area contributed by atoms with Gasteiger partial charge in [0, 0.05) is 0 Å². The number of carbonyl (C=O) groups is 1. The zero-order valence-electron chi connectivity index (χ0n) is 11.7. The van der Waals surface area contributed by atoms with Crippen LogP contribution >= 0.6 is 0 Å². The van der Waals surface area contributed by atoms with Crippen LogP contribution in [0.3, 0.4) is 0 Å². The van der Waals surface area contributed by atoms with Gasteiger partial charge in [-0.25, -0.2) is 0 Å². The molecule has 1 atom stereocenters. The van der Waals surface area contributed by atoms with Gasteiger partial charge in [-0.05, 0) is 32.8 Å². The molecule has 18 heavy (non-hydrogen) atoms. The van der Waals surface area contributed by atoms with Crippen LogP contribution in [0.25, 0.3) is 6.08 Å². The molecule has 0 amide bonds. The summed E-state index contributed by atoms with van der Waals surface area (Å²) >= 11 is 0. The van der Waals surface area contributed by atoms with E-state index in [9.17, 15) is 4.79 Å². The van der Waals surface area contributed by atoms with Crippen molar-refractivity contribution in [3.8, 4) is 0 Å². The SMILES string of the molecule is CCOC(=O)C(C)CC(C)=Cc1ccc(C)cc1. The zero-order valence-corrected chi connectivity index (χ0v) is 11.7. The van der Waals surface area contributed by atoms with E-state index in [1.165, 1.54) is 16.7 Å². The highest BCUT2D eigenvalue weighted by molar-refractivity contribution is 5.72. The molecule has 0 N–H and O–H groups in total. The van der Waals surface area contributed by atoms with Gasteiger partial charge in [-0.15, -0.1) is 0 Å². The minimum absolute atomic E-state index is 0.0772. The topological polar surface area (TPSA) is 26.3 Å². The Morgan fingerprint density at radius 2 is 1.94 bits per heavy atom. The van der Waals surface area contributed by atoms with Crippen LogP contribution in [0.4, 0.5) is 0 Å². The number of benzene rings is 1. The molecule has 0 aromatic heterocycles. The van der Waals surface area contributed by atoms with Crippen molar-refractivity contribution in [3.05, 3.63) is 41.0 Å². The van der Waals surface area contributed by atoms with Gasteiger partial charge in [-0.3, -0.25) is 4.79 Å². The number of hydrogen-bond donors (Lipinski definition) is 0. The van der Waals surface area contributed by atoms with Crippen LogP contribution in [-0.4, -0.2) is 12.6 Å². The van der Waals surface area contributed by atoms with Crippen molar-refractivity contribution in [2.24, 2.45) is 5.92 Å². The Kier molecular flexibility index (Phi) is 5.63. The maximum Gasteiger partial charge on any atom is 0.308 e. The number of aryl methyl sites for hydroxylation is 1. The normalized spacial score (nSPS) is 13.2. The van der Waals surface area contributed by atoms with Crippen molar-refractivity contribution in [3.63, 3.8) is 0 Å². The van der Waals surface area contributed by atoms with E-state index in [0.717, 1.165) is 6.42 Å². The number of rotatable bonds is 5. The molecule has 0 aliphatic rings. The van der Waals surface area contributed by atoms with Crippen molar-refractivity contribution in [1.82, 2.24) is 0 Å². The van der Waals surface area contributed by atoms with Gasteiger partial charge in [0.05, 0.1) is 12.5 Å². The van der Waals surface area contributed by atoms with Gasteiger partial charge in [0.2, 0.25) is 0 Å². The van der Waals surface area contributed by atoms with Gasteiger partial charge in [0.15, 0.2) is 0 Å². The standard InChI is InChI=1S/C16H22O2/c1-5-18-16(17)14(4)10-13(3)11-15-8-6-12(2)7-9-15/h6-9,11,14H,5,10H2,1-4H3. The molecule has 1 aromatic carbocycles. The van der Waals surface area contributed by atoms with Crippen molar-refractivity contribution in [2.75, 3.05) is 6.61 Å². The molecule has 0 spiro atoms. The Morgan fingerprint density at radius 3 is 2.50 bits per heavy atom. The first-order valence-corrected chi connectivity index (χ1v) is 6.43. The van der Waals surface area contributed by atoms with Crippen LogP contribution in [0.5, 0.6) is 0 Å². The fraction of sp³-hybridized carbons (Fsp3) is 0.438. The molecule has 0 fully saturated rings. The van der Waals surface area contributed by atoms with Crippen LogP contribution < -0.4 is 0 Å². The fourth-order valence-electron chi connectivity index (χ4n) is 1.86. The van der Waals surface area contributed by atoms with Crippen molar-refractivity contribution in [1.29, 1.82) is 0 Å². The maximum absolute atomic E-state index is 11.5. The minimum Gasteiger partial charge on any atom is -0.466 e. The smallest absolute Gasteiger partial charge is 0.308 e. The molecular weight excluding hydrogens is 224 g/mol. The van der Waals surface area contributed by atoms with Crippen LogP contribution in [0.2, 0.25) is 0 Å². The molecule has 2 heteroatoms. The van der Waals surface area contributed by atoms with Crippen molar-refractivity contribution >= 4 is 12.0 Å². The van der Waals surface area contributed by atoms with Crippen molar-refractivity contribution < 1.29 is 9.53 Å². The predicted molar refractivity (Wildman–Crippen MR) is 75.2 cm³/mol. The Bertz CT molecular complexity index is 415. The molecule has 0 saturated carbocycles. The second-order valence-corrected chi connectivity index (χ2v) is 4.76.